The van der Waals surface area contributed by atoms with Gasteiger partial charge in [0.1, 0.15) is 0 Å². The first kappa shape index (κ1) is 12.2. The number of halogens is 2. The van der Waals surface area contributed by atoms with Gasteiger partial charge in [-0.1, -0.05) is 15.9 Å². The first-order chi connectivity index (χ1) is 7.04. The van der Waals surface area contributed by atoms with Crippen LogP contribution in [0.1, 0.15) is 0 Å². The molecule has 0 aromatic heterocycles. The number of hydrogen-bond donors (Lipinski definition) is 3. The van der Waals surface area contributed by atoms with Crippen molar-refractivity contribution in [3.63, 3.8) is 0 Å². The van der Waals surface area contributed by atoms with Crippen molar-refractivity contribution < 1.29 is 9.59 Å². The van der Waals surface area contributed by atoms with Crippen LogP contribution in [-0.2, 0) is 9.59 Å². The first-order valence-corrected chi connectivity index (χ1v) is 5.40. The van der Waals surface area contributed by atoms with Crippen LogP contribution in [0.15, 0.2) is 27.1 Å². The molecule has 2 amide bonds. The van der Waals surface area contributed by atoms with E-state index in [1.165, 1.54) is 0 Å². The highest BCUT2D eigenvalue weighted by Gasteiger charge is 2.13. The molecule has 0 aliphatic heterocycles. The number of rotatable bonds is 1. The highest BCUT2D eigenvalue weighted by atomic mass is 79.9. The molecular weight excluding hydrogens is 330 g/mol. The lowest BCUT2D eigenvalue weighted by Crippen LogP contribution is -2.39. The lowest BCUT2D eigenvalue weighted by Gasteiger charge is -2.06. The van der Waals surface area contributed by atoms with Gasteiger partial charge in [0.2, 0.25) is 0 Å². The summed E-state index contributed by atoms with van der Waals surface area (Å²) in [6, 6.07) is 5.19. The van der Waals surface area contributed by atoms with Crippen molar-refractivity contribution >= 4 is 49.4 Å². The molecule has 15 heavy (non-hydrogen) atoms. The summed E-state index contributed by atoms with van der Waals surface area (Å²) in [5, 5.41) is 2.39. The van der Waals surface area contributed by atoms with Gasteiger partial charge in [-0.05, 0) is 34.1 Å². The van der Waals surface area contributed by atoms with Crippen molar-refractivity contribution in [2.24, 2.45) is 5.84 Å². The first-order valence-electron chi connectivity index (χ1n) is 3.81. The molecule has 0 spiro atoms. The number of benzene rings is 1. The number of nitrogens with two attached hydrogens (primary N) is 1. The van der Waals surface area contributed by atoms with Gasteiger partial charge in [-0.3, -0.25) is 15.0 Å². The van der Waals surface area contributed by atoms with Gasteiger partial charge in [0, 0.05) is 8.95 Å². The van der Waals surface area contributed by atoms with E-state index in [1.807, 2.05) is 0 Å². The predicted octanol–water partition coefficient (Wildman–Crippen LogP) is 1.14. The van der Waals surface area contributed by atoms with Crippen LogP contribution in [0, 0.1) is 0 Å². The van der Waals surface area contributed by atoms with Crippen molar-refractivity contribution in [3.8, 4) is 0 Å². The minimum Gasteiger partial charge on any atom is -0.317 e. The van der Waals surface area contributed by atoms with Crippen molar-refractivity contribution in [3.05, 3.63) is 27.1 Å². The molecule has 0 heterocycles. The summed E-state index contributed by atoms with van der Waals surface area (Å²) in [6.45, 7) is 0. The average molecular weight is 337 g/mol. The zero-order chi connectivity index (χ0) is 11.4. The van der Waals surface area contributed by atoms with Crippen LogP contribution < -0.4 is 16.6 Å². The standard InChI is InChI=1S/C8H7Br2N3O2/c9-4-1-2-5(10)6(3-4)12-7(14)8(15)13-11/h1-3H,11H2,(H,12,14)(H,13,15). The molecule has 0 radical (unpaired) electrons. The zero-order valence-electron chi connectivity index (χ0n) is 7.38. The molecule has 80 valence electrons. The summed E-state index contributed by atoms with van der Waals surface area (Å²) >= 11 is 6.47. The van der Waals surface area contributed by atoms with E-state index in [2.05, 4.69) is 37.2 Å². The fourth-order valence-corrected chi connectivity index (χ4v) is 1.54. The quantitative estimate of drug-likeness (QED) is 0.311. The number of amides is 2. The van der Waals surface area contributed by atoms with E-state index < -0.39 is 11.8 Å². The van der Waals surface area contributed by atoms with Crippen LogP contribution in [0.5, 0.6) is 0 Å². The minimum absolute atomic E-state index is 0.484. The topological polar surface area (TPSA) is 84.2 Å². The maximum atomic E-state index is 11.2. The summed E-state index contributed by atoms with van der Waals surface area (Å²) in [6.07, 6.45) is 0. The SMILES string of the molecule is NNC(=O)C(=O)Nc1cc(Br)ccc1Br. The molecule has 0 saturated heterocycles. The summed E-state index contributed by atoms with van der Waals surface area (Å²) < 4.78 is 1.46. The minimum atomic E-state index is -0.901. The van der Waals surface area contributed by atoms with E-state index in [-0.39, 0.29) is 0 Å². The fourth-order valence-electron chi connectivity index (χ4n) is 0.838. The van der Waals surface area contributed by atoms with Crippen LogP contribution in [0.3, 0.4) is 0 Å². The van der Waals surface area contributed by atoms with Crippen LogP contribution in [-0.4, -0.2) is 11.8 Å². The molecule has 0 fully saturated rings. The van der Waals surface area contributed by atoms with Gasteiger partial charge in [-0.2, -0.15) is 0 Å². The molecule has 4 N–H and O–H groups in total. The molecule has 1 rings (SSSR count). The average Bonchev–Trinajstić information content (AvgIpc) is 2.22. The lowest BCUT2D eigenvalue weighted by atomic mass is 10.3. The molecule has 0 saturated carbocycles. The smallest absolute Gasteiger partial charge is 0.317 e. The molecule has 0 atom stereocenters. The molecular formula is C8H7Br2N3O2. The van der Waals surface area contributed by atoms with E-state index in [4.69, 9.17) is 5.84 Å². The van der Waals surface area contributed by atoms with Crippen LogP contribution in [0.25, 0.3) is 0 Å². The number of carbonyl (C=O) groups excluding carboxylic acids is 2. The van der Waals surface area contributed by atoms with Crippen molar-refractivity contribution in [2.75, 3.05) is 5.32 Å². The van der Waals surface area contributed by atoms with Gasteiger partial charge in [-0.25, -0.2) is 5.84 Å². The van der Waals surface area contributed by atoms with E-state index in [9.17, 15) is 9.59 Å². The normalized spacial score (nSPS) is 9.53. The van der Waals surface area contributed by atoms with E-state index >= 15 is 0 Å². The maximum Gasteiger partial charge on any atom is 0.323 e. The summed E-state index contributed by atoms with van der Waals surface area (Å²) in [5.74, 6) is 3.09. The number of carbonyl (C=O) groups is 2. The zero-order valence-corrected chi connectivity index (χ0v) is 10.6. The Balaban J connectivity index is 2.85. The Bertz CT molecular complexity index is 409. The lowest BCUT2D eigenvalue weighted by molar-refractivity contribution is -0.136. The van der Waals surface area contributed by atoms with Crippen LogP contribution in [0.2, 0.25) is 0 Å². The Morgan fingerprint density at radius 3 is 2.47 bits per heavy atom. The van der Waals surface area contributed by atoms with Gasteiger partial charge in [0.05, 0.1) is 5.69 Å². The Kier molecular flexibility index (Phi) is 4.25. The van der Waals surface area contributed by atoms with Crippen LogP contribution in [0.4, 0.5) is 5.69 Å². The fraction of sp³-hybridized carbons (Fsp3) is 0. The van der Waals surface area contributed by atoms with Gasteiger partial charge >= 0.3 is 11.8 Å². The molecule has 1 aromatic carbocycles. The predicted molar refractivity (Wildman–Crippen MR) is 62.8 cm³/mol. The number of hydrazine groups is 1. The third-order valence-electron chi connectivity index (χ3n) is 1.51. The molecule has 1 aromatic rings. The number of hydrogen-bond acceptors (Lipinski definition) is 3. The Hall–Kier alpha value is -0.920. The summed E-state index contributed by atoms with van der Waals surface area (Å²) in [7, 11) is 0. The van der Waals surface area contributed by atoms with Crippen molar-refractivity contribution in [2.45, 2.75) is 0 Å². The third kappa shape index (κ3) is 3.29. The van der Waals surface area contributed by atoms with Crippen molar-refractivity contribution in [1.82, 2.24) is 5.43 Å². The second-order valence-corrected chi connectivity index (χ2v) is 4.32. The van der Waals surface area contributed by atoms with Gasteiger partial charge in [0.15, 0.2) is 0 Å². The second-order valence-electron chi connectivity index (χ2n) is 2.55. The Morgan fingerprint density at radius 2 is 1.87 bits per heavy atom. The number of nitrogens with one attached hydrogen (secondary N) is 2. The Morgan fingerprint density at radius 1 is 1.20 bits per heavy atom. The summed E-state index contributed by atoms with van der Waals surface area (Å²) in [5.41, 5.74) is 2.23. The summed E-state index contributed by atoms with van der Waals surface area (Å²) in [4.78, 5) is 22.0. The van der Waals surface area contributed by atoms with E-state index in [1.54, 1.807) is 23.6 Å². The van der Waals surface area contributed by atoms with E-state index in [0.29, 0.717) is 10.2 Å². The second kappa shape index (κ2) is 5.24. The van der Waals surface area contributed by atoms with Crippen molar-refractivity contribution in [1.29, 1.82) is 0 Å². The van der Waals surface area contributed by atoms with Gasteiger partial charge in [0.25, 0.3) is 0 Å². The molecule has 7 heteroatoms. The molecule has 0 aliphatic rings. The van der Waals surface area contributed by atoms with Crippen LogP contribution >= 0.6 is 31.9 Å². The molecule has 0 bridgehead atoms. The largest absolute Gasteiger partial charge is 0.323 e. The Labute approximate surface area is 103 Å². The molecule has 0 unspecified atom stereocenters. The molecule has 5 nitrogen and oxygen atoms in total. The third-order valence-corrected chi connectivity index (χ3v) is 2.70. The highest BCUT2D eigenvalue weighted by molar-refractivity contribution is 9.11. The highest BCUT2D eigenvalue weighted by Crippen LogP contribution is 2.25. The maximum absolute atomic E-state index is 11.2. The van der Waals surface area contributed by atoms with Gasteiger partial charge in [-0.15, -0.1) is 0 Å². The number of anilines is 1. The van der Waals surface area contributed by atoms with E-state index in [0.717, 1.165) is 4.47 Å². The van der Waals surface area contributed by atoms with Gasteiger partial charge < -0.3 is 5.32 Å². The monoisotopic (exact) mass is 335 g/mol. The molecule has 0 aliphatic carbocycles.